The van der Waals surface area contributed by atoms with Crippen molar-refractivity contribution in [3.63, 3.8) is 0 Å². The number of hydrogen-bond acceptors (Lipinski definition) is 2. The van der Waals surface area contributed by atoms with Gasteiger partial charge in [-0.25, -0.2) is 0 Å². The molecule has 4 heteroatoms. The molecule has 0 unspecified atom stereocenters. The van der Waals surface area contributed by atoms with Crippen LogP contribution in [0, 0.1) is 11.3 Å². The number of ketones is 1. The Morgan fingerprint density at radius 3 is 1.61 bits per heavy atom. The number of nitriles is 1. The molecular formula is C34H29BrNOP. The number of carbonyl (C=O) groups is 1. The van der Waals surface area contributed by atoms with Crippen LogP contribution in [0.15, 0.2) is 156 Å². The Hall–Kier alpha value is -3.83. The molecule has 0 amide bonds. The molecule has 0 radical (unpaired) electrons. The van der Waals surface area contributed by atoms with Gasteiger partial charge in [-0.1, -0.05) is 28.6 Å². The number of benzene rings is 4. The Labute approximate surface area is 234 Å². The van der Waals surface area contributed by atoms with Crippen molar-refractivity contribution in [3.8, 4) is 6.07 Å². The van der Waals surface area contributed by atoms with E-state index in [2.05, 4.69) is 144 Å². The van der Waals surface area contributed by atoms with Gasteiger partial charge < -0.3 is 0 Å². The molecule has 4 aromatic rings. The number of carbonyl (C=O) groups excluding carboxylic acids is 1. The van der Waals surface area contributed by atoms with Crippen LogP contribution in [0.3, 0.4) is 0 Å². The van der Waals surface area contributed by atoms with E-state index in [0.717, 1.165) is 10.6 Å². The Bertz CT molecular complexity index is 1390. The molecule has 0 N–H and O–H groups in total. The summed E-state index contributed by atoms with van der Waals surface area (Å²) in [5, 5.41) is 12.9. The van der Waals surface area contributed by atoms with Gasteiger partial charge in [-0.15, -0.1) is 0 Å². The molecule has 0 aliphatic heterocycles. The number of nitrogens with zero attached hydrogens (tertiary/aromatic N) is 1. The van der Waals surface area contributed by atoms with Crippen molar-refractivity contribution in [2.75, 3.05) is 0 Å². The summed E-state index contributed by atoms with van der Waals surface area (Å²) in [5.41, 5.74) is 2.03. The molecule has 0 saturated heterocycles. The van der Waals surface area contributed by atoms with E-state index in [1.165, 1.54) is 21.5 Å². The normalized spacial score (nSPS) is 13.2. The third-order valence-electron chi connectivity index (χ3n) is 6.64. The van der Waals surface area contributed by atoms with Crippen LogP contribution in [-0.4, -0.2) is 5.78 Å². The van der Waals surface area contributed by atoms with E-state index in [1.54, 1.807) is 12.2 Å². The molecule has 1 aliphatic carbocycles. The van der Waals surface area contributed by atoms with Gasteiger partial charge in [-0.05, 0) is 6.08 Å². The zero-order valence-electron chi connectivity index (χ0n) is 21.1. The third kappa shape index (κ3) is 6.35. The fourth-order valence-corrected chi connectivity index (χ4v) is 9.91. The molecule has 188 valence electrons. The number of hydrogen-bond donors (Lipinski definition) is 0. The summed E-state index contributed by atoms with van der Waals surface area (Å²) in [7, 11) is -2.16. The average Bonchev–Trinajstić information content (AvgIpc) is 2.99. The van der Waals surface area contributed by atoms with Gasteiger partial charge in [0.15, 0.2) is 5.78 Å². The summed E-state index contributed by atoms with van der Waals surface area (Å²) in [5.74, 6) is -0.0512. The van der Waals surface area contributed by atoms with Gasteiger partial charge >= 0.3 is 156 Å². The third-order valence-corrected chi connectivity index (χ3v) is 12.1. The second-order valence-corrected chi connectivity index (χ2v) is 13.8. The number of halogens is 1. The Morgan fingerprint density at radius 2 is 1.18 bits per heavy atom. The molecule has 0 heterocycles. The summed E-state index contributed by atoms with van der Waals surface area (Å²) in [6.07, 6.45) is 4.78. The van der Waals surface area contributed by atoms with Crippen LogP contribution in [0.1, 0.15) is 12.0 Å². The first-order valence-corrected chi connectivity index (χ1v) is 15.4. The fraction of sp³-hybridized carbons (Fsp3) is 0.0588. The summed E-state index contributed by atoms with van der Waals surface area (Å²) in [6.45, 7) is 3.48. The van der Waals surface area contributed by atoms with E-state index in [9.17, 15) is 4.79 Å². The minimum atomic E-state index is -2.16. The number of allylic oxidation sites excluding steroid dienone is 5. The second kappa shape index (κ2) is 13.1. The second-order valence-electron chi connectivity index (χ2n) is 9.03. The van der Waals surface area contributed by atoms with Gasteiger partial charge in [0.05, 0.1) is 11.6 Å². The van der Waals surface area contributed by atoms with E-state index in [1.807, 2.05) is 6.07 Å². The van der Waals surface area contributed by atoms with Gasteiger partial charge in [-0.3, -0.25) is 4.79 Å². The molecule has 0 bridgehead atoms. The standard InChI is InChI=1S/C25H23P.C9H6BrNO/c1-5-13-22(14-6-1)21-26(23-15-7-2-8-16-23,24-17-9-3-10-18-24)25-19-11-4-12-20-25;1-6(5-11)8-4-7(10)2-3-9(8)12/h1-20,26H,21H2;2,4H,1,3H2. The molecule has 0 spiro atoms. The zero-order valence-corrected chi connectivity index (χ0v) is 23.6. The van der Waals surface area contributed by atoms with E-state index in [0.29, 0.717) is 12.0 Å². The zero-order chi connectivity index (χ0) is 26.8. The summed E-state index contributed by atoms with van der Waals surface area (Å²) in [4.78, 5) is 11.2. The molecule has 2 nitrogen and oxygen atoms in total. The quantitative estimate of drug-likeness (QED) is 0.180. The van der Waals surface area contributed by atoms with Crippen molar-refractivity contribution in [1.82, 2.24) is 0 Å². The predicted octanol–water partition coefficient (Wildman–Crippen LogP) is 7.16. The summed E-state index contributed by atoms with van der Waals surface area (Å²) in [6, 6.07) is 46.0. The minimum absolute atomic E-state index is 0.0512. The molecule has 0 aromatic heterocycles. The SMILES string of the molecule is C=C(C#N)C1=CC(Br)=CCC1=O.c1ccc(C[PH](c2ccccc2)(c2ccccc2)c2ccccc2)cc1. The van der Waals surface area contributed by atoms with Crippen molar-refractivity contribution < 1.29 is 4.79 Å². The van der Waals surface area contributed by atoms with Gasteiger partial charge in [0, 0.05) is 16.5 Å². The van der Waals surface area contributed by atoms with Gasteiger partial charge in [-0.2, -0.15) is 5.26 Å². The average molecular weight is 578 g/mol. The van der Waals surface area contributed by atoms with Crippen molar-refractivity contribution in [3.05, 3.63) is 161 Å². The van der Waals surface area contributed by atoms with E-state index in [-0.39, 0.29) is 11.4 Å². The van der Waals surface area contributed by atoms with Crippen LogP contribution in [0.25, 0.3) is 0 Å². The molecule has 4 aromatic carbocycles. The van der Waals surface area contributed by atoms with Crippen molar-refractivity contribution in [2.24, 2.45) is 0 Å². The topological polar surface area (TPSA) is 40.9 Å². The van der Waals surface area contributed by atoms with Crippen LogP contribution < -0.4 is 15.9 Å². The van der Waals surface area contributed by atoms with Crippen molar-refractivity contribution >= 4 is 44.9 Å². The molecule has 0 fully saturated rings. The molecule has 0 saturated carbocycles. The van der Waals surface area contributed by atoms with Gasteiger partial charge in [0.2, 0.25) is 0 Å². The summed E-state index contributed by atoms with van der Waals surface area (Å²) < 4.78 is 0.827. The number of rotatable bonds is 6. The van der Waals surface area contributed by atoms with Crippen LogP contribution in [0.4, 0.5) is 0 Å². The Kier molecular flexibility index (Phi) is 9.39. The van der Waals surface area contributed by atoms with Crippen LogP contribution in [0.5, 0.6) is 0 Å². The Morgan fingerprint density at radius 1 is 0.763 bits per heavy atom. The van der Waals surface area contributed by atoms with Crippen LogP contribution in [-0.2, 0) is 11.0 Å². The fourth-order valence-electron chi connectivity index (χ4n) is 4.77. The molecule has 0 atom stereocenters. The monoisotopic (exact) mass is 577 g/mol. The van der Waals surface area contributed by atoms with Gasteiger partial charge in [0.25, 0.3) is 0 Å². The van der Waals surface area contributed by atoms with Gasteiger partial charge in [0.1, 0.15) is 0 Å². The maximum atomic E-state index is 11.2. The predicted molar refractivity (Wildman–Crippen MR) is 166 cm³/mol. The summed E-state index contributed by atoms with van der Waals surface area (Å²) >= 11 is 3.24. The molecule has 5 rings (SSSR count). The van der Waals surface area contributed by atoms with Crippen molar-refractivity contribution in [2.45, 2.75) is 12.6 Å². The molecular weight excluding hydrogens is 549 g/mol. The Balaban J connectivity index is 0.000000236. The molecule has 1 aliphatic rings. The maximum absolute atomic E-state index is 11.2. The first kappa shape index (κ1) is 27.2. The van der Waals surface area contributed by atoms with E-state index < -0.39 is 7.26 Å². The van der Waals surface area contributed by atoms with Crippen LogP contribution in [0.2, 0.25) is 0 Å². The van der Waals surface area contributed by atoms with E-state index in [4.69, 9.17) is 5.26 Å². The first-order valence-electron chi connectivity index (χ1n) is 12.4. The first-order chi connectivity index (χ1) is 18.5. The van der Waals surface area contributed by atoms with Crippen LogP contribution >= 0.6 is 23.2 Å². The van der Waals surface area contributed by atoms with E-state index >= 15 is 0 Å². The molecule has 38 heavy (non-hydrogen) atoms. The van der Waals surface area contributed by atoms with Crippen molar-refractivity contribution in [1.29, 1.82) is 5.26 Å². The number of Topliss-reactive ketones (excluding diaryl/α,β-unsaturated/α-hetero) is 1.